The van der Waals surface area contributed by atoms with Crippen LogP contribution in [0, 0.1) is 0 Å². The molecular weight excluding hydrogens is 314 g/mol. The topological polar surface area (TPSA) is 63.7 Å². The highest BCUT2D eigenvalue weighted by atomic mass is 32.1. The standard InChI is InChI=1S/C16H19N3O3S/c1-21-13-6-5-11(10-14(13)22-2)12-4-3-8-19(12)16(20)18-15-17-7-9-23-15/h5-7,9-10,12H,3-4,8H2,1-2H3,(H,17,18,20). The fourth-order valence-electron chi connectivity index (χ4n) is 2.86. The van der Waals surface area contributed by atoms with Crippen molar-refractivity contribution in [3.05, 3.63) is 35.3 Å². The minimum Gasteiger partial charge on any atom is -0.493 e. The fourth-order valence-corrected chi connectivity index (χ4v) is 3.38. The molecule has 2 amide bonds. The molecule has 1 saturated heterocycles. The first-order chi connectivity index (χ1) is 11.2. The maximum Gasteiger partial charge on any atom is 0.324 e. The third kappa shape index (κ3) is 3.24. The van der Waals surface area contributed by atoms with E-state index < -0.39 is 0 Å². The van der Waals surface area contributed by atoms with E-state index >= 15 is 0 Å². The Labute approximate surface area is 139 Å². The summed E-state index contributed by atoms with van der Waals surface area (Å²) in [7, 11) is 3.23. The predicted molar refractivity (Wildman–Crippen MR) is 89.4 cm³/mol. The molecule has 122 valence electrons. The van der Waals surface area contributed by atoms with Crippen molar-refractivity contribution in [1.82, 2.24) is 9.88 Å². The first kappa shape index (κ1) is 15.6. The minimum atomic E-state index is -0.114. The van der Waals surface area contributed by atoms with E-state index in [1.54, 1.807) is 20.4 Å². The normalized spacial score (nSPS) is 17.1. The molecule has 2 heterocycles. The van der Waals surface area contributed by atoms with Gasteiger partial charge in [0.05, 0.1) is 20.3 Å². The Hall–Kier alpha value is -2.28. The second-order valence-corrected chi connectivity index (χ2v) is 6.13. The monoisotopic (exact) mass is 333 g/mol. The second-order valence-electron chi connectivity index (χ2n) is 5.23. The highest BCUT2D eigenvalue weighted by molar-refractivity contribution is 7.13. The van der Waals surface area contributed by atoms with Crippen LogP contribution in [0.2, 0.25) is 0 Å². The smallest absolute Gasteiger partial charge is 0.324 e. The van der Waals surface area contributed by atoms with Gasteiger partial charge in [0.1, 0.15) is 0 Å². The van der Waals surface area contributed by atoms with Crippen LogP contribution < -0.4 is 14.8 Å². The molecule has 1 aromatic heterocycles. The first-order valence-electron chi connectivity index (χ1n) is 7.42. The fraction of sp³-hybridized carbons (Fsp3) is 0.375. The quantitative estimate of drug-likeness (QED) is 0.930. The summed E-state index contributed by atoms with van der Waals surface area (Å²) in [5.41, 5.74) is 1.05. The van der Waals surface area contributed by atoms with Gasteiger partial charge in [-0.1, -0.05) is 6.07 Å². The van der Waals surface area contributed by atoms with Crippen molar-refractivity contribution in [3.8, 4) is 11.5 Å². The van der Waals surface area contributed by atoms with Gasteiger partial charge in [-0.3, -0.25) is 5.32 Å². The van der Waals surface area contributed by atoms with Crippen LogP contribution in [0.15, 0.2) is 29.8 Å². The van der Waals surface area contributed by atoms with E-state index in [0.717, 1.165) is 24.9 Å². The number of nitrogens with one attached hydrogen (secondary N) is 1. The third-order valence-corrected chi connectivity index (χ3v) is 4.64. The summed E-state index contributed by atoms with van der Waals surface area (Å²) in [5, 5.41) is 5.31. The number of benzene rings is 1. The van der Waals surface area contributed by atoms with E-state index in [1.165, 1.54) is 11.3 Å². The number of nitrogens with zero attached hydrogens (tertiary/aromatic N) is 2. The number of carbonyl (C=O) groups excluding carboxylic acids is 1. The van der Waals surface area contributed by atoms with Crippen LogP contribution in [0.3, 0.4) is 0 Å². The van der Waals surface area contributed by atoms with Crippen LogP contribution in [0.1, 0.15) is 24.4 Å². The molecule has 0 bridgehead atoms. The molecule has 1 aliphatic rings. The molecule has 6 nitrogen and oxygen atoms in total. The Bertz CT molecular complexity index is 675. The van der Waals surface area contributed by atoms with E-state index in [4.69, 9.17) is 9.47 Å². The number of carbonyl (C=O) groups is 1. The van der Waals surface area contributed by atoms with E-state index in [2.05, 4.69) is 10.3 Å². The molecule has 3 rings (SSSR count). The number of likely N-dealkylation sites (tertiary alicyclic amines) is 1. The summed E-state index contributed by atoms with van der Waals surface area (Å²) >= 11 is 1.41. The van der Waals surface area contributed by atoms with Crippen LogP contribution in [-0.4, -0.2) is 36.7 Å². The molecule has 1 aliphatic heterocycles. The molecule has 1 fully saturated rings. The summed E-state index contributed by atoms with van der Waals surface area (Å²) < 4.78 is 10.6. The zero-order valence-electron chi connectivity index (χ0n) is 13.1. The maximum atomic E-state index is 12.5. The van der Waals surface area contributed by atoms with Gasteiger partial charge < -0.3 is 14.4 Å². The highest BCUT2D eigenvalue weighted by Gasteiger charge is 2.30. The van der Waals surface area contributed by atoms with Crippen molar-refractivity contribution >= 4 is 22.5 Å². The van der Waals surface area contributed by atoms with Crippen molar-refractivity contribution in [2.75, 3.05) is 26.1 Å². The molecule has 0 radical (unpaired) electrons. The van der Waals surface area contributed by atoms with Gasteiger partial charge in [0, 0.05) is 18.1 Å². The molecule has 1 N–H and O–H groups in total. The van der Waals surface area contributed by atoms with E-state index in [0.29, 0.717) is 16.6 Å². The molecule has 7 heteroatoms. The van der Waals surface area contributed by atoms with Crippen LogP contribution in [0.25, 0.3) is 0 Å². The lowest BCUT2D eigenvalue weighted by Crippen LogP contribution is -2.34. The van der Waals surface area contributed by atoms with Crippen molar-refractivity contribution in [3.63, 3.8) is 0 Å². The number of thiazole rings is 1. The zero-order chi connectivity index (χ0) is 16.2. The molecular formula is C16H19N3O3S. The van der Waals surface area contributed by atoms with Gasteiger partial charge in [0.25, 0.3) is 0 Å². The number of aromatic nitrogens is 1. The Morgan fingerprint density at radius 3 is 2.87 bits per heavy atom. The van der Waals surface area contributed by atoms with Gasteiger partial charge in [-0.05, 0) is 30.5 Å². The summed E-state index contributed by atoms with van der Waals surface area (Å²) in [6.07, 6.45) is 3.58. The maximum absolute atomic E-state index is 12.5. The van der Waals surface area contributed by atoms with Crippen molar-refractivity contribution in [2.45, 2.75) is 18.9 Å². The number of hydrogen-bond donors (Lipinski definition) is 1. The Balaban J connectivity index is 1.79. The molecule has 1 aromatic carbocycles. The van der Waals surface area contributed by atoms with E-state index in [-0.39, 0.29) is 12.1 Å². The van der Waals surface area contributed by atoms with E-state index in [1.807, 2.05) is 28.5 Å². The van der Waals surface area contributed by atoms with Crippen molar-refractivity contribution in [1.29, 1.82) is 0 Å². The van der Waals surface area contributed by atoms with Gasteiger partial charge >= 0.3 is 6.03 Å². The SMILES string of the molecule is COc1ccc(C2CCCN2C(=O)Nc2nccs2)cc1OC. The molecule has 23 heavy (non-hydrogen) atoms. The summed E-state index contributed by atoms with van der Waals surface area (Å²) in [5.74, 6) is 1.37. The average molecular weight is 333 g/mol. The molecule has 1 unspecified atom stereocenters. The first-order valence-corrected chi connectivity index (χ1v) is 8.30. The lowest BCUT2D eigenvalue weighted by atomic mass is 10.0. The number of ether oxygens (including phenoxy) is 2. The van der Waals surface area contributed by atoms with Gasteiger partial charge in [-0.2, -0.15) is 0 Å². The Morgan fingerprint density at radius 2 is 2.17 bits per heavy atom. The number of anilines is 1. The third-order valence-electron chi connectivity index (χ3n) is 3.95. The summed E-state index contributed by atoms with van der Waals surface area (Å²) in [6.45, 7) is 0.732. The number of amides is 2. The van der Waals surface area contributed by atoms with Gasteiger partial charge in [-0.25, -0.2) is 9.78 Å². The largest absolute Gasteiger partial charge is 0.493 e. The minimum absolute atomic E-state index is 0.0368. The number of urea groups is 1. The Kier molecular flexibility index (Phi) is 4.66. The highest BCUT2D eigenvalue weighted by Crippen LogP contribution is 2.37. The number of hydrogen-bond acceptors (Lipinski definition) is 5. The van der Waals surface area contributed by atoms with Gasteiger partial charge in [0.15, 0.2) is 16.6 Å². The van der Waals surface area contributed by atoms with Crippen LogP contribution in [0.5, 0.6) is 11.5 Å². The second kappa shape index (κ2) is 6.87. The lowest BCUT2D eigenvalue weighted by Gasteiger charge is -2.25. The summed E-state index contributed by atoms with van der Waals surface area (Å²) in [6, 6.07) is 5.73. The number of methoxy groups -OCH3 is 2. The Morgan fingerprint density at radius 1 is 1.35 bits per heavy atom. The number of rotatable bonds is 4. The molecule has 2 aromatic rings. The molecule has 0 aliphatic carbocycles. The predicted octanol–water partition coefficient (Wildman–Crippen LogP) is 3.53. The molecule has 0 saturated carbocycles. The van der Waals surface area contributed by atoms with Crippen molar-refractivity contribution < 1.29 is 14.3 Å². The molecule has 0 spiro atoms. The van der Waals surface area contributed by atoms with Gasteiger partial charge in [0.2, 0.25) is 0 Å². The van der Waals surface area contributed by atoms with Crippen LogP contribution >= 0.6 is 11.3 Å². The average Bonchev–Trinajstić information content (AvgIpc) is 3.25. The van der Waals surface area contributed by atoms with Gasteiger partial charge in [-0.15, -0.1) is 11.3 Å². The van der Waals surface area contributed by atoms with Crippen LogP contribution in [0.4, 0.5) is 9.93 Å². The lowest BCUT2D eigenvalue weighted by molar-refractivity contribution is 0.207. The van der Waals surface area contributed by atoms with Crippen molar-refractivity contribution in [2.24, 2.45) is 0 Å². The summed E-state index contributed by atoms with van der Waals surface area (Å²) in [4.78, 5) is 18.4. The van der Waals surface area contributed by atoms with Crippen LogP contribution in [-0.2, 0) is 0 Å². The molecule has 1 atom stereocenters. The zero-order valence-corrected chi connectivity index (χ0v) is 13.9. The van der Waals surface area contributed by atoms with E-state index in [9.17, 15) is 4.79 Å².